The lowest BCUT2D eigenvalue weighted by molar-refractivity contribution is -0.133. The highest BCUT2D eigenvalue weighted by Gasteiger charge is 2.40. The Kier molecular flexibility index (Phi) is 4.79. The van der Waals surface area contributed by atoms with Crippen molar-refractivity contribution in [1.29, 1.82) is 0 Å². The van der Waals surface area contributed by atoms with Crippen molar-refractivity contribution in [1.82, 2.24) is 9.97 Å². The van der Waals surface area contributed by atoms with Crippen molar-refractivity contribution in [2.24, 2.45) is 5.92 Å². The molecule has 2 aromatic rings. The van der Waals surface area contributed by atoms with E-state index < -0.39 is 51.8 Å². The number of rotatable bonds is 3. The predicted molar refractivity (Wildman–Crippen MR) is 85.9 cm³/mol. The summed E-state index contributed by atoms with van der Waals surface area (Å²) in [5, 5.41) is -0.978. The average molecular weight is 385 g/mol. The van der Waals surface area contributed by atoms with E-state index in [2.05, 4.69) is 9.97 Å². The average Bonchev–Trinajstić information content (AvgIpc) is 2.54. The van der Waals surface area contributed by atoms with Gasteiger partial charge >= 0.3 is 0 Å². The van der Waals surface area contributed by atoms with E-state index in [-0.39, 0.29) is 29.6 Å². The van der Waals surface area contributed by atoms with Crippen LogP contribution in [0.3, 0.4) is 0 Å². The predicted octanol–water partition coefficient (Wildman–Crippen LogP) is 3.79. The number of Topliss-reactive ketones (excluding diaryl/α,β-unsaturated/α-hetero) is 3. The molecule has 0 bridgehead atoms. The van der Waals surface area contributed by atoms with Crippen LogP contribution in [0, 0.1) is 18.7 Å². The summed E-state index contributed by atoms with van der Waals surface area (Å²) in [5.41, 5.74) is -1.92. The Balaban J connectivity index is 2.28. The Morgan fingerprint density at radius 3 is 2.42 bits per heavy atom. The minimum atomic E-state index is -3.21. The number of fused-ring (bicyclic) bond motifs is 1. The van der Waals surface area contributed by atoms with Crippen molar-refractivity contribution in [3.8, 4) is 0 Å². The highest BCUT2D eigenvalue weighted by atomic mass is 35.5. The Bertz CT molecular complexity index is 946. The molecule has 0 unspecified atom stereocenters. The topological polar surface area (TPSA) is 77.0 Å². The summed E-state index contributed by atoms with van der Waals surface area (Å²) < 4.78 is 41.3. The molecule has 0 N–H and O–H groups in total. The molecule has 2 aromatic heterocycles. The largest absolute Gasteiger partial charge is 0.298 e. The van der Waals surface area contributed by atoms with Gasteiger partial charge < -0.3 is 0 Å². The molecular formula is C17H12ClF3N2O3. The molecule has 0 spiro atoms. The molecular weight excluding hydrogens is 373 g/mol. The zero-order valence-corrected chi connectivity index (χ0v) is 14.2. The molecule has 0 aromatic carbocycles. The van der Waals surface area contributed by atoms with Crippen molar-refractivity contribution in [2.45, 2.75) is 32.6 Å². The van der Waals surface area contributed by atoms with Crippen molar-refractivity contribution in [2.75, 3.05) is 0 Å². The van der Waals surface area contributed by atoms with Crippen LogP contribution in [-0.2, 0) is 9.59 Å². The van der Waals surface area contributed by atoms with E-state index in [1.54, 1.807) is 0 Å². The monoisotopic (exact) mass is 384 g/mol. The van der Waals surface area contributed by atoms with Crippen LogP contribution in [0.2, 0.25) is 5.15 Å². The number of aryl methyl sites for hydroxylation is 1. The summed E-state index contributed by atoms with van der Waals surface area (Å²) in [7, 11) is 0. The molecule has 5 nitrogen and oxygen atoms in total. The molecule has 136 valence electrons. The van der Waals surface area contributed by atoms with Gasteiger partial charge in [-0.3, -0.25) is 14.4 Å². The van der Waals surface area contributed by atoms with Gasteiger partial charge in [-0.1, -0.05) is 11.6 Å². The van der Waals surface area contributed by atoms with Gasteiger partial charge in [0.1, 0.15) is 16.9 Å². The van der Waals surface area contributed by atoms with Crippen molar-refractivity contribution < 1.29 is 27.6 Å². The standard InChI is InChI=1S/C17H12ClF3N2O3/c1-6-8(19)5-7-11(16(20)21)13(15(18)23-17(7)22-6)14(26)12-9(24)3-2-4-10(12)25/h5,12,16H,2-4H2,1H3. The van der Waals surface area contributed by atoms with Crippen LogP contribution in [-0.4, -0.2) is 27.3 Å². The maximum Gasteiger partial charge on any atom is 0.265 e. The van der Waals surface area contributed by atoms with E-state index >= 15 is 0 Å². The van der Waals surface area contributed by atoms with E-state index in [4.69, 9.17) is 11.6 Å². The van der Waals surface area contributed by atoms with Gasteiger partial charge in [0.05, 0.1) is 11.3 Å². The van der Waals surface area contributed by atoms with E-state index in [0.29, 0.717) is 6.42 Å². The van der Waals surface area contributed by atoms with E-state index in [1.165, 1.54) is 6.92 Å². The Hall–Kier alpha value is -2.35. The number of carbonyl (C=O) groups is 3. The maximum atomic E-state index is 13.8. The van der Waals surface area contributed by atoms with Crippen molar-refractivity contribution in [3.63, 3.8) is 0 Å². The summed E-state index contributed by atoms with van der Waals surface area (Å²) in [4.78, 5) is 44.3. The molecule has 26 heavy (non-hydrogen) atoms. The van der Waals surface area contributed by atoms with Crippen LogP contribution >= 0.6 is 11.6 Å². The van der Waals surface area contributed by atoms with Gasteiger partial charge in [0.2, 0.25) is 0 Å². The molecule has 3 rings (SSSR count). The Morgan fingerprint density at radius 1 is 1.23 bits per heavy atom. The Morgan fingerprint density at radius 2 is 1.85 bits per heavy atom. The van der Waals surface area contributed by atoms with Crippen LogP contribution < -0.4 is 0 Å². The van der Waals surface area contributed by atoms with Crippen LogP contribution in [0.4, 0.5) is 13.2 Å². The normalized spacial score (nSPS) is 15.9. The van der Waals surface area contributed by atoms with Crippen molar-refractivity contribution >= 4 is 40.0 Å². The van der Waals surface area contributed by atoms with Crippen LogP contribution in [0.5, 0.6) is 0 Å². The fourth-order valence-electron chi connectivity index (χ4n) is 3.05. The Labute approximate surface area is 150 Å². The molecule has 0 radical (unpaired) electrons. The second-order valence-corrected chi connectivity index (χ2v) is 6.36. The molecule has 9 heteroatoms. The molecule has 0 aliphatic heterocycles. The molecule has 1 aliphatic rings. The molecule has 0 saturated heterocycles. The van der Waals surface area contributed by atoms with Gasteiger partial charge in [0, 0.05) is 23.8 Å². The van der Waals surface area contributed by atoms with Crippen LogP contribution in [0.1, 0.15) is 47.3 Å². The summed E-state index contributed by atoms with van der Waals surface area (Å²) in [6, 6.07) is 0.795. The fourth-order valence-corrected chi connectivity index (χ4v) is 3.32. The lowest BCUT2D eigenvalue weighted by Gasteiger charge is -2.20. The first kappa shape index (κ1) is 18.4. The quantitative estimate of drug-likeness (QED) is 0.457. The minimum Gasteiger partial charge on any atom is -0.298 e. The number of pyridine rings is 2. The highest BCUT2D eigenvalue weighted by Crippen LogP contribution is 2.36. The lowest BCUT2D eigenvalue weighted by Crippen LogP contribution is -2.36. The highest BCUT2D eigenvalue weighted by molar-refractivity contribution is 6.36. The SMILES string of the molecule is Cc1nc2nc(Cl)c(C(=O)C3C(=O)CCCC3=O)c(C(F)F)c2cc1F. The smallest absolute Gasteiger partial charge is 0.265 e. The number of halogens is 4. The van der Waals surface area contributed by atoms with E-state index in [9.17, 15) is 27.6 Å². The van der Waals surface area contributed by atoms with Crippen LogP contribution in [0.15, 0.2) is 6.07 Å². The van der Waals surface area contributed by atoms with Gasteiger partial charge in [-0.2, -0.15) is 0 Å². The number of hydrogen-bond acceptors (Lipinski definition) is 5. The van der Waals surface area contributed by atoms with E-state index in [0.717, 1.165) is 6.07 Å². The zero-order valence-electron chi connectivity index (χ0n) is 13.5. The fraction of sp³-hybridized carbons (Fsp3) is 0.353. The van der Waals surface area contributed by atoms with Gasteiger partial charge in [-0.25, -0.2) is 23.1 Å². The molecule has 1 fully saturated rings. The van der Waals surface area contributed by atoms with Crippen molar-refractivity contribution in [3.05, 3.63) is 33.9 Å². The number of nitrogens with zero attached hydrogens (tertiary/aromatic N) is 2. The van der Waals surface area contributed by atoms with Gasteiger partial charge in [-0.05, 0) is 19.4 Å². The summed E-state index contributed by atoms with van der Waals surface area (Å²) in [6.07, 6.45) is -2.91. The lowest BCUT2D eigenvalue weighted by atomic mass is 9.81. The van der Waals surface area contributed by atoms with Gasteiger partial charge in [0.15, 0.2) is 23.0 Å². The van der Waals surface area contributed by atoms with Crippen LogP contribution in [0.25, 0.3) is 11.0 Å². The maximum absolute atomic E-state index is 13.8. The third kappa shape index (κ3) is 2.98. The summed E-state index contributed by atoms with van der Waals surface area (Å²) in [5.74, 6) is -4.95. The van der Waals surface area contributed by atoms with E-state index in [1.807, 2.05) is 0 Å². The van der Waals surface area contributed by atoms with Gasteiger partial charge in [0.25, 0.3) is 6.43 Å². The number of alkyl halides is 2. The number of aromatic nitrogens is 2. The molecule has 2 heterocycles. The number of carbonyl (C=O) groups excluding carboxylic acids is 3. The summed E-state index contributed by atoms with van der Waals surface area (Å²) in [6.45, 7) is 1.32. The number of hydrogen-bond donors (Lipinski definition) is 0. The second kappa shape index (κ2) is 6.75. The first-order valence-electron chi connectivity index (χ1n) is 7.76. The zero-order chi connectivity index (χ0) is 19.2. The molecule has 0 atom stereocenters. The number of ketones is 3. The third-order valence-corrected chi connectivity index (χ3v) is 4.59. The molecule has 1 saturated carbocycles. The first-order chi connectivity index (χ1) is 12.2. The molecule has 0 amide bonds. The summed E-state index contributed by atoms with van der Waals surface area (Å²) >= 11 is 5.93. The third-order valence-electron chi connectivity index (χ3n) is 4.32. The molecule has 1 aliphatic carbocycles. The second-order valence-electron chi connectivity index (χ2n) is 6.00. The van der Waals surface area contributed by atoms with Gasteiger partial charge in [-0.15, -0.1) is 0 Å². The first-order valence-corrected chi connectivity index (χ1v) is 8.14. The minimum absolute atomic E-state index is 0.000165.